The topological polar surface area (TPSA) is 68.1 Å². The van der Waals surface area contributed by atoms with Crippen LogP contribution in [0.2, 0.25) is 0 Å². The van der Waals surface area contributed by atoms with Gasteiger partial charge >= 0.3 is 0 Å². The van der Waals surface area contributed by atoms with Crippen LogP contribution in [0.15, 0.2) is 85.3 Å². The fourth-order valence-corrected chi connectivity index (χ4v) is 5.45. The standard InChI is InChI=1S/C39H45N3O2/c1-5-38(43,6-2)26-30-44-39(7-3,8-4)37-25-19-31(18-20-32-15-9-12-27-40-32)35(23-21-33-16-10-13-28-41-33)36(37)24-22-34-17-11-14-29-42-34/h9-25,27-29,43H,5-8,26,30H2,1-4H3/b20-18+,23-21+,24-22+. The molecule has 0 aliphatic rings. The van der Waals surface area contributed by atoms with Gasteiger partial charge in [0, 0.05) is 18.6 Å². The van der Waals surface area contributed by atoms with Crippen molar-refractivity contribution in [1.29, 1.82) is 0 Å². The summed E-state index contributed by atoms with van der Waals surface area (Å²) in [5.74, 6) is 0. The molecule has 4 aromatic rings. The molecule has 4 rings (SSSR count). The normalized spacial score (nSPS) is 12.6. The van der Waals surface area contributed by atoms with Gasteiger partial charge in [0.15, 0.2) is 0 Å². The zero-order valence-corrected chi connectivity index (χ0v) is 26.5. The number of hydrogen-bond acceptors (Lipinski definition) is 5. The average Bonchev–Trinajstić information content (AvgIpc) is 3.09. The van der Waals surface area contributed by atoms with Crippen molar-refractivity contribution in [3.8, 4) is 0 Å². The van der Waals surface area contributed by atoms with Gasteiger partial charge in [0.2, 0.25) is 0 Å². The second-order valence-electron chi connectivity index (χ2n) is 11.0. The van der Waals surface area contributed by atoms with Gasteiger partial charge < -0.3 is 9.84 Å². The van der Waals surface area contributed by atoms with E-state index in [1.807, 2.05) is 80.7 Å². The van der Waals surface area contributed by atoms with Crippen LogP contribution in [0.1, 0.15) is 99.1 Å². The fraction of sp³-hybridized carbons (Fsp3) is 0.308. The van der Waals surface area contributed by atoms with Crippen LogP contribution in [0.3, 0.4) is 0 Å². The van der Waals surface area contributed by atoms with E-state index in [2.05, 4.69) is 71.3 Å². The minimum absolute atomic E-state index is 0.476. The maximum Gasteiger partial charge on any atom is 0.0932 e. The van der Waals surface area contributed by atoms with Crippen molar-refractivity contribution in [2.24, 2.45) is 0 Å². The van der Waals surface area contributed by atoms with Crippen molar-refractivity contribution in [2.45, 2.75) is 71.0 Å². The minimum Gasteiger partial charge on any atom is -0.390 e. The molecule has 0 amide bonds. The lowest BCUT2D eigenvalue weighted by Gasteiger charge is -2.36. The number of aliphatic hydroxyl groups is 1. The van der Waals surface area contributed by atoms with Gasteiger partial charge in [-0.15, -0.1) is 0 Å². The first kappa shape index (κ1) is 32.7. The first-order valence-corrected chi connectivity index (χ1v) is 15.8. The van der Waals surface area contributed by atoms with E-state index in [1.54, 1.807) is 12.4 Å². The lowest BCUT2D eigenvalue weighted by molar-refractivity contribution is -0.0846. The number of aromatic nitrogens is 3. The van der Waals surface area contributed by atoms with Gasteiger partial charge in [-0.25, -0.2) is 0 Å². The molecule has 0 radical (unpaired) electrons. The highest BCUT2D eigenvalue weighted by Gasteiger charge is 2.33. The molecule has 1 aromatic carbocycles. The Labute approximate surface area is 263 Å². The predicted molar refractivity (Wildman–Crippen MR) is 184 cm³/mol. The molecule has 0 atom stereocenters. The van der Waals surface area contributed by atoms with E-state index in [0.29, 0.717) is 25.9 Å². The molecule has 0 bridgehead atoms. The lowest BCUT2D eigenvalue weighted by atomic mass is 9.81. The zero-order valence-electron chi connectivity index (χ0n) is 26.5. The summed E-state index contributed by atoms with van der Waals surface area (Å²) < 4.78 is 6.82. The Bertz CT molecular complexity index is 1520. The summed E-state index contributed by atoms with van der Waals surface area (Å²) in [6.07, 6.45) is 21.6. The van der Waals surface area contributed by atoms with Gasteiger partial charge in [0.1, 0.15) is 0 Å². The summed E-state index contributed by atoms with van der Waals surface area (Å²) in [6.45, 7) is 8.91. The van der Waals surface area contributed by atoms with Gasteiger partial charge in [-0.3, -0.25) is 15.0 Å². The molecule has 0 saturated heterocycles. The summed E-state index contributed by atoms with van der Waals surface area (Å²) in [6, 6.07) is 22.1. The molecular weight excluding hydrogens is 542 g/mol. The Morgan fingerprint density at radius 1 is 0.591 bits per heavy atom. The third-order valence-corrected chi connectivity index (χ3v) is 8.55. The Kier molecular flexibility index (Phi) is 11.9. The van der Waals surface area contributed by atoms with E-state index in [0.717, 1.165) is 52.2 Å². The Morgan fingerprint density at radius 2 is 1.09 bits per heavy atom. The van der Waals surface area contributed by atoms with Crippen LogP contribution in [0.25, 0.3) is 36.5 Å². The third kappa shape index (κ3) is 8.46. The summed E-state index contributed by atoms with van der Waals surface area (Å²) in [4.78, 5) is 13.6. The molecule has 1 N–H and O–H groups in total. The molecule has 0 saturated carbocycles. The van der Waals surface area contributed by atoms with Crippen molar-refractivity contribution in [3.63, 3.8) is 0 Å². The van der Waals surface area contributed by atoms with Crippen LogP contribution in [-0.4, -0.2) is 32.3 Å². The van der Waals surface area contributed by atoms with Gasteiger partial charge in [-0.1, -0.05) is 76.3 Å². The van der Waals surface area contributed by atoms with Crippen molar-refractivity contribution in [1.82, 2.24) is 15.0 Å². The van der Waals surface area contributed by atoms with Crippen molar-refractivity contribution < 1.29 is 9.84 Å². The Hall–Kier alpha value is -4.19. The quantitative estimate of drug-likeness (QED) is 0.150. The Balaban J connectivity index is 1.89. The first-order valence-electron chi connectivity index (χ1n) is 15.8. The summed E-state index contributed by atoms with van der Waals surface area (Å²) >= 11 is 0. The molecule has 3 heterocycles. The van der Waals surface area contributed by atoms with E-state index in [4.69, 9.17) is 4.74 Å². The maximum atomic E-state index is 11.0. The highest BCUT2D eigenvalue weighted by molar-refractivity contribution is 5.86. The van der Waals surface area contributed by atoms with Crippen LogP contribution >= 0.6 is 0 Å². The molecular formula is C39H45N3O2. The molecule has 0 aliphatic carbocycles. The molecule has 3 aromatic heterocycles. The largest absolute Gasteiger partial charge is 0.390 e. The third-order valence-electron chi connectivity index (χ3n) is 8.55. The molecule has 0 aliphatic heterocycles. The van der Waals surface area contributed by atoms with Crippen molar-refractivity contribution in [3.05, 3.63) is 125 Å². The number of hydrogen-bond donors (Lipinski definition) is 1. The second kappa shape index (κ2) is 16.0. The van der Waals surface area contributed by atoms with Crippen LogP contribution < -0.4 is 0 Å². The number of nitrogens with zero attached hydrogens (tertiary/aromatic N) is 3. The molecule has 0 unspecified atom stereocenters. The average molecular weight is 588 g/mol. The van der Waals surface area contributed by atoms with E-state index in [1.165, 1.54) is 0 Å². The number of rotatable bonds is 15. The van der Waals surface area contributed by atoms with E-state index in [9.17, 15) is 5.11 Å². The monoisotopic (exact) mass is 587 g/mol. The van der Waals surface area contributed by atoms with E-state index >= 15 is 0 Å². The molecule has 44 heavy (non-hydrogen) atoms. The van der Waals surface area contributed by atoms with E-state index in [-0.39, 0.29) is 0 Å². The smallest absolute Gasteiger partial charge is 0.0932 e. The van der Waals surface area contributed by atoms with E-state index < -0.39 is 11.2 Å². The van der Waals surface area contributed by atoms with Crippen LogP contribution in [-0.2, 0) is 10.3 Å². The fourth-order valence-electron chi connectivity index (χ4n) is 5.45. The van der Waals surface area contributed by atoms with Gasteiger partial charge in [0.25, 0.3) is 0 Å². The molecule has 228 valence electrons. The van der Waals surface area contributed by atoms with Gasteiger partial charge in [-0.2, -0.15) is 0 Å². The number of pyridine rings is 3. The first-order chi connectivity index (χ1) is 21.5. The lowest BCUT2D eigenvalue weighted by Crippen LogP contribution is -2.34. The zero-order chi connectivity index (χ0) is 31.3. The molecule has 5 nitrogen and oxygen atoms in total. The highest BCUT2D eigenvalue weighted by atomic mass is 16.5. The van der Waals surface area contributed by atoms with Gasteiger partial charge in [-0.05, 0) is 109 Å². The number of benzene rings is 1. The summed E-state index contributed by atoms with van der Waals surface area (Å²) in [7, 11) is 0. The summed E-state index contributed by atoms with van der Waals surface area (Å²) in [5.41, 5.74) is 5.68. The van der Waals surface area contributed by atoms with Gasteiger partial charge in [0.05, 0.1) is 34.9 Å². The summed E-state index contributed by atoms with van der Waals surface area (Å²) in [5, 5.41) is 11.0. The minimum atomic E-state index is -0.717. The van der Waals surface area contributed by atoms with Crippen LogP contribution in [0.4, 0.5) is 0 Å². The molecule has 0 spiro atoms. The molecule has 0 fully saturated rings. The molecule has 5 heteroatoms. The highest BCUT2D eigenvalue weighted by Crippen LogP contribution is 2.40. The number of ether oxygens (including phenoxy) is 1. The van der Waals surface area contributed by atoms with Crippen LogP contribution in [0, 0.1) is 0 Å². The maximum absolute atomic E-state index is 11.0. The van der Waals surface area contributed by atoms with Crippen LogP contribution in [0.5, 0.6) is 0 Å². The second-order valence-corrected chi connectivity index (χ2v) is 11.0. The predicted octanol–water partition coefficient (Wildman–Crippen LogP) is 9.36. The SMILES string of the molecule is CCC(O)(CC)CCOC(CC)(CC)c1ccc(/C=C/c2ccccn2)c(/C=C/c2ccccn2)c1/C=C/c1ccccn1. The van der Waals surface area contributed by atoms with Crippen molar-refractivity contribution >= 4 is 36.5 Å². The Morgan fingerprint density at radius 3 is 1.55 bits per heavy atom. The van der Waals surface area contributed by atoms with Crippen molar-refractivity contribution in [2.75, 3.05) is 6.61 Å².